The Kier molecular flexibility index (Phi) is 35.5. The van der Waals surface area contributed by atoms with Crippen LogP contribution in [0.25, 0.3) is 0 Å². The standard InChI is InChI=1S/C44H85N2O6P/c1-6-8-10-12-14-16-17-18-19-20-21-22-23-24-25-26-27-28-30-31-33-35-37-43(47)42(41-52-53(49,50)51-40-39-46(3,4)5)45-44(48)38-36-34-32-29-15-13-11-9-7-2/h28-30,32,35,37,42-43,47H,6-27,31,33-34,36,38-41H2,1-5H3,(H-,45,48,49,50)/p+1/b30-28+,32-29-,37-35+. The molecule has 1 amide bonds. The molecule has 0 aliphatic heterocycles. The number of carbonyl (C=O) groups is 1. The first kappa shape index (κ1) is 51.7. The summed E-state index contributed by atoms with van der Waals surface area (Å²) in [7, 11) is 1.54. The predicted octanol–water partition coefficient (Wildman–Crippen LogP) is 11.9. The number of phosphoric ester groups is 1. The van der Waals surface area contributed by atoms with Gasteiger partial charge in [-0.2, -0.15) is 0 Å². The van der Waals surface area contributed by atoms with Gasteiger partial charge < -0.3 is 19.8 Å². The fourth-order valence-electron chi connectivity index (χ4n) is 6.06. The lowest BCUT2D eigenvalue weighted by atomic mass is 10.0. The van der Waals surface area contributed by atoms with Crippen LogP contribution in [0, 0.1) is 0 Å². The molecule has 0 saturated heterocycles. The molecule has 0 bridgehead atoms. The number of hydrogen-bond donors (Lipinski definition) is 3. The number of unbranched alkanes of at least 4 members (excludes halogenated alkanes) is 22. The number of nitrogens with zero attached hydrogens (tertiary/aromatic N) is 1. The minimum absolute atomic E-state index is 0.0515. The SMILES string of the molecule is CCCCCC/C=C\CCCC(=O)NC(COP(=O)(O)OCC[N+](C)(C)C)C(O)/C=C/CC/C=C/CCCCCCCCCCCCCCCCCC. The van der Waals surface area contributed by atoms with Crippen molar-refractivity contribution in [3.05, 3.63) is 36.5 Å². The summed E-state index contributed by atoms with van der Waals surface area (Å²) in [5.41, 5.74) is 0. The highest BCUT2D eigenvalue weighted by molar-refractivity contribution is 7.47. The lowest BCUT2D eigenvalue weighted by Crippen LogP contribution is -2.45. The quantitative estimate of drug-likeness (QED) is 0.0249. The molecule has 0 aromatic rings. The molecule has 0 spiro atoms. The van der Waals surface area contributed by atoms with E-state index in [0.717, 1.165) is 32.1 Å². The summed E-state index contributed by atoms with van der Waals surface area (Å²) in [6, 6.07) is -0.874. The van der Waals surface area contributed by atoms with Crippen LogP contribution in [0.4, 0.5) is 0 Å². The number of aliphatic hydroxyl groups excluding tert-OH is 1. The zero-order valence-corrected chi connectivity index (χ0v) is 36.1. The highest BCUT2D eigenvalue weighted by atomic mass is 31.2. The summed E-state index contributed by atoms with van der Waals surface area (Å²) in [6.45, 7) is 4.73. The van der Waals surface area contributed by atoms with Crippen molar-refractivity contribution in [1.29, 1.82) is 0 Å². The Morgan fingerprint density at radius 1 is 0.623 bits per heavy atom. The molecule has 0 heterocycles. The van der Waals surface area contributed by atoms with Crippen LogP contribution in [0.15, 0.2) is 36.5 Å². The molecule has 8 nitrogen and oxygen atoms in total. The van der Waals surface area contributed by atoms with Gasteiger partial charge in [-0.25, -0.2) is 4.57 Å². The molecule has 9 heteroatoms. The zero-order valence-electron chi connectivity index (χ0n) is 35.3. The maximum Gasteiger partial charge on any atom is 0.472 e. The average Bonchev–Trinajstić information content (AvgIpc) is 3.10. The van der Waals surface area contributed by atoms with Crippen LogP contribution in [0.5, 0.6) is 0 Å². The van der Waals surface area contributed by atoms with E-state index in [1.54, 1.807) is 6.08 Å². The van der Waals surface area contributed by atoms with Gasteiger partial charge in [-0.3, -0.25) is 13.8 Å². The van der Waals surface area contributed by atoms with E-state index in [-0.39, 0.29) is 19.1 Å². The lowest BCUT2D eigenvalue weighted by molar-refractivity contribution is -0.870. The normalized spacial score (nSPS) is 14.8. The van der Waals surface area contributed by atoms with Crippen LogP contribution >= 0.6 is 7.82 Å². The Morgan fingerprint density at radius 2 is 1.04 bits per heavy atom. The van der Waals surface area contributed by atoms with Crippen molar-refractivity contribution in [1.82, 2.24) is 5.32 Å². The topological polar surface area (TPSA) is 105 Å². The second kappa shape index (κ2) is 36.4. The van der Waals surface area contributed by atoms with Gasteiger partial charge in [0.05, 0.1) is 39.9 Å². The van der Waals surface area contributed by atoms with Gasteiger partial charge in [-0.1, -0.05) is 166 Å². The van der Waals surface area contributed by atoms with Crippen LogP contribution in [0.1, 0.15) is 187 Å². The molecule has 0 saturated carbocycles. The molecule has 3 unspecified atom stereocenters. The van der Waals surface area contributed by atoms with Crippen molar-refractivity contribution in [2.45, 2.75) is 199 Å². The lowest BCUT2D eigenvalue weighted by Gasteiger charge is -2.25. The van der Waals surface area contributed by atoms with Crippen LogP contribution in [0.2, 0.25) is 0 Å². The average molecular weight is 770 g/mol. The van der Waals surface area contributed by atoms with E-state index in [1.165, 1.54) is 128 Å². The summed E-state index contributed by atoms with van der Waals surface area (Å²) in [4.78, 5) is 22.9. The number of likely N-dealkylation sites (N-methyl/N-ethyl adjacent to an activating group) is 1. The summed E-state index contributed by atoms with van der Waals surface area (Å²) in [5.74, 6) is -0.224. The van der Waals surface area contributed by atoms with E-state index >= 15 is 0 Å². The molecule has 3 atom stereocenters. The van der Waals surface area contributed by atoms with Gasteiger partial charge in [0, 0.05) is 6.42 Å². The molecule has 0 aliphatic carbocycles. The van der Waals surface area contributed by atoms with Crippen LogP contribution in [-0.2, 0) is 18.4 Å². The first-order valence-electron chi connectivity index (χ1n) is 21.9. The molecule has 0 aromatic carbocycles. The predicted molar refractivity (Wildman–Crippen MR) is 226 cm³/mol. The molecular weight excluding hydrogens is 683 g/mol. The summed E-state index contributed by atoms with van der Waals surface area (Å²) in [5, 5.41) is 13.7. The molecule has 312 valence electrons. The summed E-state index contributed by atoms with van der Waals surface area (Å²) >= 11 is 0. The molecule has 0 aliphatic rings. The van der Waals surface area contributed by atoms with Crippen molar-refractivity contribution in [2.24, 2.45) is 0 Å². The smallest absolute Gasteiger partial charge is 0.387 e. The Labute approximate surface area is 327 Å². The zero-order chi connectivity index (χ0) is 39.3. The molecular formula is C44H86N2O6P+. The number of quaternary nitrogens is 1. The molecule has 0 rings (SSSR count). The number of phosphoric acid groups is 1. The van der Waals surface area contributed by atoms with E-state index in [4.69, 9.17) is 9.05 Å². The third-order valence-corrected chi connectivity index (χ3v) is 10.6. The van der Waals surface area contributed by atoms with Crippen molar-refractivity contribution in [2.75, 3.05) is 40.9 Å². The van der Waals surface area contributed by atoms with Crippen LogP contribution in [0.3, 0.4) is 0 Å². The third kappa shape index (κ3) is 38.8. The number of aliphatic hydroxyl groups is 1. The van der Waals surface area contributed by atoms with Gasteiger partial charge in [0.15, 0.2) is 0 Å². The number of hydrogen-bond acceptors (Lipinski definition) is 5. The minimum atomic E-state index is -4.34. The Balaban J connectivity index is 4.38. The third-order valence-electron chi connectivity index (χ3n) is 9.58. The second-order valence-electron chi connectivity index (χ2n) is 16.1. The van der Waals surface area contributed by atoms with Gasteiger partial charge in [0.2, 0.25) is 5.91 Å². The maximum absolute atomic E-state index is 12.7. The maximum atomic E-state index is 12.7. The fraction of sp³-hybridized carbons (Fsp3) is 0.841. The van der Waals surface area contributed by atoms with Crippen molar-refractivity contribution in [3.63, 3.8) is 0 Å². The van der Waals surface area contributed by atoms with Crippen LogP contribution in [-0.4, -0.2) is 73.4 Å². The van der Waals surface area contributed by atoms with Gasteiger partial charge in [-0.05, 0) is 51.4 Å². The van der Waals surface area contributed by atoms with E-state index < -0.39 is 20.0 Å². The second-order valence-corrected chi connectivity index (χ2v) is 17.5. The molecule has 0 fully saturated rings. The molecule has 0 radical (unpaired) electrons. The molecule has 3 N–H and O–H groups in total. The number of rotatable bonds is 39. The van der Waals surface area contributed by atoms with Gasteiger partial charge in [-0.15, -0.1) is 0 Å². The summed E-state index contributed by atoms with van der Waals surface area (Å²) < 4.78 is 23.4. The molecule has 53 heavy (non-hydrogen) atoms. The van der Waals surface area contributed by atoms with E-state index in [1.807, 2.05) is 27.2 Å². The number of carbonyl (C=O) groups excluding carboxylic acids is 1. The van der Waals surface area contributed by atoms with Crippen LogP contribution < -0.4 is 5.32 Å². The Hall–Kier alpha value is -1.28. The van der Waals surface area contributed by atoms with Gasteiger partial charge >= 0.3 is 7.82 Å². The highest BCUT2D eigenvalue weighted by Crippen LogP contribution is 2.43. The van der Waals surface area contributed by atoms with E-state index in [0.29, 0.717) is 23.9 Å². The van der Waals surface area contributed by atoms with Crippen molar-refractivity contribution in [3.8, 4) is 0 Å². The van der Waals surface area contributed by atoms with E-state index in [2.05, 4.69) is 43.5 Å². The summed E-state index contributed by atoms with van der Waals surface area (Å²) in [6.07, 6.45) is 43.9. The number of nitrogens with one attached hydrogen (secondary N) is 1. The van der Waals surface area contributed by atoms with Crippen molar-refractivity contribution < 1.29 is 32.9 Å². The monoisotopic (exact) mass is 770 g/mol. The Morgan fingerprint density at radius 3 is 1.53 bits per heavy atom. The largest absolute Gasteiger partial charge is 0.472 e. The van der Waals surface area contributed by atoms with Crippen molar-refractivity contribution >= 4 is 13.7 Å². The van der Waals surface area contributed by atoms with Gasteiger partial charge in [0.25, 0.3) is 0 Å². The highest BCUT2D eigenvalue weighted by Gasteiger charge is 2.27. The first-order valence-corrected chi connectivity index (χ1v) is 23.4. The number of amides is 1. The van der Waals surface area contributed by atoms with E-state index in [9.17, 15) is 19.4 Å². The Bertz CT molecular complexity index is 964. The molecule has 0 aromatic heterocycles. The first-order chi connectivity index (χ1) is 25.5. The van der Waals surface area contributed by atoms with Gasteiger partial charge in [0.1, 0.15) is 13.2 Å². The minimum Gasteiger partial charge on any atom is -0.387 e. The fourth-order valence-corrected chi connectivity index (χ4v) is 6.80. The number of allylic oxidation sites excluding steroid dienone is 5.